The number of aromatic nitrogens is 2. The molecule has 0 bridgehead atoms. The lowest BCUT2D eigenvalue weighted by Crippen LogP contribution is -1.96. The molecule has 0 radical (unpaired) electrons. The first kappa shape index (κ1) is 7.40. The maximum absolute atomic E-state index is 5.48. The van der Waals surface area contributed by atoms with Crippen molar-refractivity contribution in [3.05, 3.63) is 30.9 Å². The number of rotatable bonds is 2. The summed E-state index contributed by atoms with van der Waals surface area (Å²) in [5.74, 6) is 0.422. The number of aliphatic imine (C=N–C) groups is 1. The molecule has 0 amide bonds. The summed E-state index contributed by atoms with van der Waals surface area (Å²) in [4.78, 5) is 11.3. The van der Waals surface area contributed by atoms with Crippen molar-refractivity contribution in [1.29, 1.82) is 0 Å². The number of nitrogens with two attached hydrogens (primary N) is 1. The number of nitrogen functional groups attached to an aromatic ring is 1. The monoisotopic (exact) mass is 148 g/mol. The smallest absolute Gasteiger partial charge is 0.135 e. The van der Waals surface area contributed by atoms with Gasteiger partial charge in [-0.2, -0.15) is 0 Å². The molecule has 4 nitrogen and oxygen atoms in total. The fourth-order valence-corrected chi connectivity index (χ4v) is 0.582. The zero-order valence-electron chi connectivity index (χ0n) is 5.94. The van der Waals surface area contributed by atoms with Crippen molar-refractivity contribution in [2.75, 3.05) is 5.73 Å². The van der Waals surface area contributed by atoms with Gasteiger partial charge in [-0.3, -0.25) is 4.99 Å². The van der Waals surface area contributed by atoms with Crippen LogP contribution >= 0.6 is 0 Å². The van der Waals surface area contributed by atoms with Gasteiger partial charge in [-0.25, -0.2) is 9.97 Å². The summed E-state index contributed by atoms with van der Waals surface area (Å²) in [6.07, 6.45) is 5.96. The summed E-state index contributed by atoms with van der Waals surface area (Å²) in [7, 11) is 0. The van der Waals surface area contributed by atoms with Crippen LogP contribution in [0.1, 0.15) is 5.56 Å². The Labute approximate surface area is 64.5 Å². The molecule has 0 aliphatic heterocycles. The van der Waals surface area contributed by atoms with Crippen LogP contribution < -0.4 is 5.73 Å². The third kappa shape index (κ3) is 1.86. The van der Waals surface area contributed by atoms with E-state index in [0.29, 0.717) is 11.4 Å². The van der Waals surface area contributed by atoms with Gasteiger partial charge in [0.15, 0.2) is 0 Å². The van der Waals surface area contributed by atoms with Crippen LogP contribution in [-0.4, -0.2) is 16.2 Å². The highest BCUT2D eigenvalue weighted by molar-refractivity contribution is 5.85. The lowest BCUT2D eigenvalue weighted by molar-refractivity contribution is 1.17. The summed E-state index contributed by atoms with van der Waals surface area (Å²) >= 11 is 0. The van der Waals surface area contributed by atoms with Crippen LogP contribution in [0.5, 0.6) is 0 Å². The lowest BCUT2D eigenvalue weighted by atomic mass is 10.3. The van der Waals surface area contributed by atoms with Gasteiger partial charge in [0.1, 0.15) is 12.1 Å². The SMILES string of the molecule is C=CN=Cc1cncnc1N. The quantitative estimate of drug-likeness (QED) is 0.625. The summed E-state index contributed by atoms with van der Waals surface area (Å²) < 4.78 is 0. The Kier molecular flexibility index (Phi) is 2.32. The Morgan fingerprint density at radius 2 is 2.45 bits per heavy atom. The average molecular weight is 148 g/mol. The minimum Gasteiger partial charge on any atom is -0.383 e. The van der Waals surface area contributed by atoms with Crippen LogP contribution in [0.3, 0.4) is 0 Å². The van der Waals surface area contributed by atoms with Gasteiger partial charge in [0.2, 0.25) is 0 Å². The molecule has 11 heavy (non-hydrogen) atoms. The number of hydrogen-bond acceptors (Lipinski definition) is 4. The molecule has 4 heteroatoms. The number of anilines is 1. The summed E-state index contributed by atoms with van der Waals surface area (Å²) in [6, 6.07) is 0. The van der Waals surface area contributed by atoms with Gasteiger partial charge in [0.05, 0.1) is 5.56 Å². The zero-order chi connectivity index (χ0) is 8.10. The average Bonchev–Trinajstić information content (AvgIpc) is 2.03. The first-order valence-electron chi connectivity index (χ1n) is 3.04. The second-order valence-corrected chi connectivity index (χ2v) is 1.82. The normalized spacial score (nSPS) is 10.2. The van der Waals surface area contributed by atoms with Gasteiger partial charge in [-0.1, -0.05) is 6.58 Å². The molecule has 0 atom stereocenters. The molecule has 0 aliphatic rings. The molecular formula is C7H8N4. The van der Waals surface area contributed by atoms with E-state index >= 15 is 0 Å². The molecule has 2 N–H and O–H groups in total. The van der Waals surface area contributed by atoms with E-state index in [2.05, 4.69) is 21.5 Å². The van der Waals surface area contributed by atoms with E-state index in [9.17, 15) is 0 Å². The van der Waals surface area contributed by atoms with Gasteiger partial charge in [-0.15, -0.1) is 0 Å². The highest BCUT2D eigenvalue weighted by Crippen LogP contribution is 2.00. The fraction of sp³-hybridized carbons (Fsp3) is 0. The summed E-state index contributed by atoms with van der Waals surface area (Å²) in [6.45, 7) is 3.43. The van der Waals surface area contributed by atoms with E-state index in [1.54, 1.807) is 12.4 Å². The largest absolute Gasteiger partial charge is 0.383 e. The van der Waals surface area contributed by atoms with Crippen molar-refractivity contribution in [2.45, 2.75) is 0 Å². The van der Waals surface area contributed by atoms with Crippen molar-refractivity contribution >= 4 is 12.0 Å². The van der Waals surface area contributed by atoms with Crippen molar-refractivity contribution < 1.29 is 0 Å². The molecule has 0 aliphatic carbocycles. The molecule has 56 valence electrons. The van der Waals surface area contributed by atoms with E-state index in [1.807, 2.05) is 0 Å². The van der Waals surface area contributed by atoms with Crippen molar-refractivity contribution in [1.82, 2.24) is 9.97 Å². The molecule has 1 aromatic heterocycles. The maximum Gasteiger partial charge on any atom is 0.135 e. The van der Waals surface area contributed by atoms with Gasteiger partial charge >= 0.3 is 0 Å². The van der Waals surface area contributed by atoms with Crippen molar-refractivity contribution in [2.24, 2.45) is 4.99 Å². The summed E-state index contributed by atoms with van der Waals surface area (Å²) in [5, 5.41) is 0. The Balaban J connectivity index is 2.94. The Hall–Kier alpha value is -1.71. The maximum atomic E-state index is 5.48. The number of nitrogens with zero attached hydrogens (tertiary/aromatic N) is 3. The first-order chi connectivity index (χ1) is 5.34. The van der Waals surface area contributed by atoms with Crippen molar-refractivity contribution in [3.8, 4) is 0 Å². The first-order valence-corrected chi connectivity index (χ1v) is 3.04. The molecule has 0 saturated carbocycles. The molecule has 1 rings (SSSR count). The van der Waals surface area contributed by atoms with Crippen molar-refractivity contribution in [3.63, 3.8) is 0 Å². The highest BCUT2D eigenvalue weighted by atomic mass is 14.9. The predicted molar refractivity (Wildman–Crippen MR) is 44.2 cm³/mol. The third-order valence-corrected chi connectivity index (χ3v) is 1.09. The van der Waals surface area contributed by atoms with E-state index in [4.69, 9.17) is 5.73 Å². The molecule has 0 unspecified atom stereocenters. The molecule has 0 saturated heterocycles. The molecule has 1 heterocycles. The Morgan fingerprint density at radius 1 is 1.64 bits per heavy atom. The van der Waals surface area contributed by atoms with E-state index in [-0.39, 0.29) is 0 Å². The van der Waals surface area contributed by atoms with Crippen LogP contribution in [0.25, 0.3) is 0 Å². The third-order valence-electron chi connectivity index (χ3n) is 1.09. The van der Waals surface area contributed by atoms with Gasteiger partial charge in [-0.05, 0) is 0 Å². The second-order valence-electron chi connectivity index (χ2n) is 1.82. The molecule has 1 aromatic rings. The van der Waals surface area contributed by atoms with Crippen LogP contribution in [0, 0.1) is 0 Å². The van der Waals surface area contributed by atoms with Crippen LogP contribution in [0.15, 0.2) is 30.3 Å². The van der Waals surface area contributed by atoms with E-state index in [1.165, 1.54) is 12.5 Å². The van der Waals surface area contributed by atoms with Gasteiger partial charge in [0, 0.05) is 18.6 Å². The topological polar surface area (TPSA) is 64.2 Å². The van der Waals surface area contributed by atoms with Gasteiger partial charge in [0.25, 0.3) is 0 Å². The fourth-order valence-electron chi connectivity index (χ4n) is 0.582. The summed E-state index contributed by atoms with van der Waals surface area (Å²) in [5.41, 5.74) is 6.19. The van der Waals surface area contributed by atoms with Crippen LogP contribution in [-0.2, 0) is 0 Å². The second kappa shape index (κ2) is 3.46. The highest BCUT2D eigenvalue weighted by Gasteiger charge is 1.92. The van der Waals surface area contributed by atoms with Crippen LogP contribution in [0.4, 0.5) is 5.82 Å². The minimum atomic E-state index is 0.422. The predicted octanol–water partition coefficient (Wildman–Crippen LogP) is 0.621. The molecular weight excluding hydrogens is 140 g/mol. The molecule has 0 spiro atoms. The lowest BCUT2D eigenvalue weighted by Gasteiger charge is -1.93. The molecule has 0 aromatic carbocycles. The zero-order valence-corrected chi connectivity index (χ0v) is 5.94. The standard InChI is InChI=1S/C7H8N4/c1-2-9-3-6-4-10-5-11-7(6)8/h2-5H,1H2,(H2,8,10,11). The number of hydrogen-bond donors (Lipinski definition) is 1. The Bertz CT molecular complexity index is 280. The van der Waals surface area contributed by atoms with E-state index in [0.717, 1.165) is 0 Å². The Morgan fingerprint density at radius 3 is 3.09 bits per heavy atom. The molecule has 0 fully saturated rings. The van der Waals surface area contributed by atoms with E-state index < -0.39 is 0 Å². The minimum absolute atomic E-state index is 0.422. The van der Waals surface area contributed by atoms with Crippen LogP contribution in [0.2, 0.25) is 0 Å². The van der Waals surface area contributed by atoms with Gasteiger partial charge < -0.3 is 5.73 Å².